The zero-order valence-corrected chi connectivity index (χ0v) is 12.5. The Bertz CT molecular complexity index is 583. The first-order valence-corrected chi connectivity index (χ1v) is 7.53. The molecule has 1 heterocycles. The Hall–Kier alpha value is -1.71. The molecule has 1 unspecified atom stereocenters. The highest BCUT2D eigenvalue weighted by molar-refractivity contribution is 6.30. The Morgan fingerprint density at radius 3 is 2.71 bits per heavy atom. The molecule has 2 aromatic carbocycles. The molecule has 1 aliphatic rings. The molecule has 1 N–H and O–H groups in total. The van der Waals surface area contributed by atoms with E-state index in [0.717, 1.165) is 30.8 Å². The molecule has 1 saturated heterocycles. The number of rotatable bonds is 5. The average molecular weight is 304 g/mol. The van der Waals surface area contributed by atoms with Gasteiger partial charge in [-0.05, 0) is 30.7 Å². The first-order chi connectivity index (χ1) is 10.3. The van der Waals surface area contributed by atoms with Crippen molar-refractivity contribution in [3.63, 3.8) is 0 Å². The van der Waals surface area contributed by atoms with Crippen LogP contribution in [0.1, 0.15) is 12.0 Å². The van der Waals surface area contributed by atoms with Gasteiger partial charge < -0.3 is 14.8 Å². The lowest BCUT2D eigenvalue weighted by Gasteiger charge is -2.17. The molecule has 0 amide bonds. The van der Waals surface area contributed by atoms with Crippen molar-refractivity contribution < 1.29 is 9.47 Å². The quantitative estimate of drug-likeness (QED) is 0.914. The van der Waals surface area contributed by atoms with Crippen LogP contribution >= 0.6 is 11.6 Å². The summed E-state index contributed by atoms with van der Waals surface area (Å²) in [5, 5.41) is 3.94. The third kappa shape index (κ3) is 3.90. The Labute approximate surface area is 129 Å². The largest absolute Gasteiger partial charge is 0.485 e. The number of hydrogen-bond acceptors (Lipinski definition) is 3. The Morgan fingerprint density at radius 2 is 1.95 bits per heavy atom. The molecule has 0 spiro atoms. The van der Waals surface area contributed by atoms with E-state index < -0.39 is 0 Å². The van der Waals surface area contributed by atoms with E-state index >= 15 is 0 Å². The lowest BCUT2D eigenvalue weighted by molar-refractivity contribution is 0.204. The SMILES string of the molecule is Clc1ccc(OC2CCNC2)c(OCc2ccccc2)c1. The summed E-state index contributed by atoms with van der Waals surface area (Å²) in [5.41, 5.74) is 1.12. The number of benzene rings is 2. The maximum atomic E-state index is 6.07. The zero-order valence-electron chi connectivity index (χ0n) is 11.7. The van der Waals surface area contributed by atoms with Crippen LogP contribution < -0.4 is 14.8 Å². The predicted molar refractivity (Wildman–Crippen MR) is 84.1 cm³/mol. The van der Waals surface area contributed by atoms with Crippen molar-refractivity contribution in [1.82, 2.24) is 5.32 Å². The second-order valence-electron chi connectivity index (χ2n) is 5.10. The van der Waals surface area contributed by atoms with Gasteiger partial charge >= 0.3 is 0 Å². The van der Waals surface area contributed by atoms with Gasteiger partial charge in [0, 0.05) is 17.6 Å². The summed E-state index contributed by atoms with van der Waals surface area (Å²) in [6.45, 7) is 2.37. The van der Waals surface area contributed by atoms with Gasteiger partial charge in [0.15, 0.2) is 11.5 Å². The van der Waals surface area contributed by atoms with Crippen molar-refractivity contribution in [3.05, 3.63) is 59.1 Å². The minimum absolute atomic E-state index is 0.199. The van der Waals surface area contributed by atoms with Crippen molar-refractivity contribution in [3.8, 4) is 11.5 Å². The van der Waals surface area contributed by atoms with Gasteiger partial charge in [0.25, 0.3) is 0 Å². The van der Waals surface area contributed by atoms with Crippen LogP contribution in [0.2, 0.25) is 5.02 Å². The summed E-state index contributed by atoms with van der Waals surface area (Å²) in [6.07, 6.45) is 1.21. The van der Waals surface area contributed by atoms with Gasteiger partial charge in [-0.1, -0.05) is 41.9 Å². The second-order valence-corrected chi connectivity index (χ2v) is 5.53. The zero-order chi connectivity index (χ0) is 14.5. The number of hydrogen-bond donors (Lipinski definition) is 1. The van der Waals surface area contributed by atoms with E-state index in [1.54, 1.807) is 0 Å². The van der Waals surface area contributed by atoms with Gasteiger partial charge in [0.2, 0.25) is 0 Å². The Morgan fingerprint density at radius 1 is 1.10 bits per heavy atom. The summed E-state index contributed by atoms with van der Waals surface area (Å²) in [4.78, 5) is 0. The first-order valence-electron chi connectivity index (χ1n) is 7.15. The molecule has 4 heteroatoms. The number of halogens is 1. The van der Waals surface area contributed by atoms with Crippen LogP contribution in [-0.2, 0) is 6.61 Å². The molecule has 0 saturated carbocycles. The summed E-state index contributed by atoms with van der Waals surface area (Å²) in [5.74, 6) is 1.45. The molecule has 0 aliphatic carbocycles. The Kier molecular flexibility index (Phi) is 4.63. The van der Waals surface area contributed by atoms with Crippen molar-refractivity contribution >= 4 is 11.6 Å². The van der Waals surface area contributed by atoms with Crippen molar-refractivity contribution in [2.24, 2.45) is 0 Å². The molecular formula is C17H18ClNO2. The summed E-state index contributed by atoms with van der Waals surface area (Å²) in [6, 6.07) is 15.6. The minimum Gasteiger partial charge on any atom is -0.485 e. The van der Waals surface area contributed by atoms with Crippen LogP contribution in [-0.4, -0.2) is 19.2 Å². The third-order valence-electron chi connectivity index (χ3n) is 3.45. The highest BCUT2D eigenvalue weighted by Crippen LogP contribution is 2.32. The number of ether oxygens (including phenoxy) is 2. The molecule has 3 nitrogen and oxygen atoms in total. The standard InChI is InChI=1S/C17H18ClNO2/c18-14-6-7-16(21-15-8-9-19-11-15)17(10-14)20-12-13-4-2-1-3-5-13/h1-7,10,15,19H,8-9,11-12H2. The van der Waals surface area contributed by atoms with E-state index in [9.17, 15) is 0 Å². The second kappa shape index (κ2) is 6.83. The van der Waals surface area contributed by atoms with Crippen molar-refractivity contribution in [2.75, 3.05) is 13.1 Å². The summed E-state index contributed by atoms with van der Waals surface area (Å²) >= 11 is 6.07. The molecule has 1 aliphatic heterocycles. The first kappa shape index (κ1) is 14.2. The van der Waals surface area contributed by atoms with Crippen LogP contribution in [0, 0.1) is 0 Å². The molecule has 110 valence electrons. The van der Waals surface area contributed by atoms with Crippen molar-refractivity contribution in [1.29, 1.82) is 0 Å². The van der Waals surface area contributed by atoms with Gasteiger partial charge in [-0.15, -0.1) is 0 Å². The fourth-order valence-corrected chi connectivity index (χ4v) is 2.50. The molecule has 0 radical (unpaired) electrons. The molecule has 1 fully saturated rings. The van der Waals surface area contributed by atoms with E-state index in [-0.39, 0.29) is 6.10 Å². The Balaban J connectivity index is 1.71. The molecular weight excluding hydrogens is 286 g/mol. The summed E-state index contributed by atoms with van der Waals surface area (Å²) in [7, 11) is 0. The molecule has 2 aromatic rings. The topological polar surface area (TPSA) is 30.5 Å². The van der Waals surface area contributed by atoms with Crippen molar-refractivity contribution in [2.45, 2.75) is 19.1 Å². The lowest BCUT2D eigenvalue weighted by Crippen LogP contribution is -2.19. The van der Waals surface area contributed by atoms with Gasteiger partial charge in [0.05, 0.1) is 0 Å². The maximum Gasteiger partial charge on any atom is 0.163 e. The highest BCUT2D eigenvalue weighted by atomic mass is 35.5. The van der Waals surface area contributed by atoms with Crippen LogP contribution in [0.25, 0.3) is 0 Å². The normalized spacial score (nSPS) is 17.7. The van der Waals surface area contributed by atoms with Crippen LogP contribution in [0.5, 0.6) is 11.5 Å². The van der Waals surface area contributed by atoms with Crippen LogP contribution in [0.15, 0.2) is 48.5 Å². The van der Waals surface area contributed by atoms with E-state index in [4.69, 9.17) is 21.1 Å². The van der Waals surface area contributed by atoms with E-state index in [0.29, 0.717) is 17.4 Å². The highest BCUT2D eigenvalue weighted by Gasteiger charge is 2.18. The minimum atomic E-state index is 0.199. The lowest BCUT2D eigenvalue weighted by atomic mass is 10.2. The molecule has 0 bridgehead atoms. The smallest absolute Gasteiger partial charge is 0.163 e. The van der Waals surface area contributed by atoms with Gasteiger partial charge in [-0.25, -0.2) is 0 Å². The monoisotopic (exact) mass is 303 g/mol. The van der Waals surface area contributed by atoms with E-state index in [2.05, 4.69) is 5.32 Å². The molecule has 21 heavy (non-hydrogen) atoms. The van der Waals surface area contributed by atoms with Crippen LogP contribution in [0.3, 0.4) is 0 Å². The van der Waals surface area contributed by atoms with E-state index in [1.807, 2.05) is 48.5 Å². The molecule has 1 atom stereocenters. The van der Waals surface area contributed by atoms with Gasteiger partial charge in [-0.2, -0.15) is 0 Å². The van der Waals surface area contributed by atoms with Crippen LogP contribution in [0.4, 0.5) is 0 Å². The van der Waals surface area contributed by atoms with Gasteiger partial charge in [-0.3, -0.25) is 0 Å². The van der Waals surface area contributed by atoms with Gasteiger partial charge in [0.1, 0.15) is 12.7 Å². The fraction of sp³-hybridized carbons (Fsp3) is 0.294. The van der Waals surface area contributed by atoms with E-state index in [1.165, 1.54) is 0 Å². The number of nitrogens with one attached hydrogen (secondary N) is 1. The maximum absolute atomic E-state index is 6.07. The summed E-state index contributed by atoms with van der Waals surface area (Å²) < 4.78 is 11.9. The molecule has 0 aromatic heterocycles. The average Bonchev–Trinajstić information content (AvgIpc) is 3.01. The predicted octanol–water partition coefficient (Wildman–Crippen LogP) is 3.66. The third-order valence-corrected chi connectivity index (χ3v) is 3.69. The molecule has 3 rings (SSSR count). The fourth-order valence-electron chi connectivity index (χ4n) is 2.34.